The van der Waals surface area contributed by atoms with E-state index in [0.717, 1.165) is 12.8 Å². The molecular weight excluding hydrogens is 273 g/mol. The van der Waals surface area contributed by atoms with Crippen LogP contribution in [0.2, 0.25) is 0 Å². The summed E-state index contributed by atoms with van der Waals surface area (Å²) < 4.78 is 18.9. The number of carbonyl (C=O) groups excluding carboxylic acids is 1. The SMILES string of the molecule is CCC(CC)C(O)CNC(=O)C1Cc2cccc(F)c2O1. The summed E-state index contributed by atoms with van der Waals surface area (Å²) >= 11 is 0. The Morgan fingerprint density at radius 3 is 2.81 bits per heavy atom. The first-order valence-corrected chi connectivity index (χ1v) is 7.46. The van der Waals surface area contributed by atoms with Crippen LogP contribution in [0, 0.1) is 11.7 Å². The minimum atomic E-state index is -0.717. The Balaban J connectivity index is 1.88. The van der Waals surface area contributed by atoms with Gasteiger partial charge in [0, 0.05) is 18.5 Å². The van der Waals surface area contributed by atoms with Crippen LogP contribution >= 0.6 is 0 Å². The number of para-hydroxylation sites is 1. The number of hydrogen-bond donors (Lipinski definition) is 2. The predicted octanol–water partition coefficient (Wildman–Crippen LogP) is 2.04. The molecule has 2 N–H and O–H groups in total. The zero-order valence-electron chi connectivity index (χ0n) is 12.4. The number of aliphatic hydroxyl groups excluding tert-OH is 1. The van der Waals surface area contributed by atoms with Crippen molar-refractivity contribution in [1.29, 1.82) is 0 Å². The Morgan fingerprint density at radius 1 is 1.48 bits per heavy atom. The maximum atomic E-state index is 13.5. The summed E-state index contributed by atoms with van der Waals surface area (Å²) in [5, 5.41) is 12.7. The number of aliphatic hydroxyl groups is 1. The van der Waals surface area contributed by atoms with Gasteiger partial charge in [0.2, 0.25) is 0 Å². The Kier molecular flexibility index (Phi) is 5.17. The summed E-state index contributed by atoms with van der Waals surface area (Å²) in [5.41, 5.74) is 0.704. The van der Waals surface area contributed by atoms with Crippen LogP contribution in [0.4, 0.5) is 4.39 Å². The first-order chi connectivity index (χ1) is 10.1. The molecule has 0 aliphatic carbocycles. The third-order valence-electron chi connectivity index (χ3n) is 4.08. The van der Waals surface area contributed by atoms with Crippen LogP contribution in [-0.2, 0) is 11.2 Å². The maximum absolute atomic E-state index is 13.5. The van der Waals surface area contributed by atoms with Crippen LogP contribution in [0.5, 0.6) is 5.75 Å². The van der Waals surface area contributed by atoms with E-state index in [0.29, 0.717) is 12.0 Å². The first-order valence-electron chi connectivity index (χ1n) is 7.46. The van der Waals surface area contributed by atoms with Crippen LogP contribution in [0.15, 0.2) is 18.2 Å². The summed E-state index contributed by atoms with van der Waals surface area (Å²) in [6.07, 6.45) is 0.809. The normalized spacial score (nSPS) is 18.2. The van der Waals surface area contributed by atoms with Gasteiger partial charge in [0.05, 0.1) is 6.10 Å². The zero-order chi connectivity index (χ0) is 15.4. The molecule has 5 heteroatoms. The minimum absolute atomic E-state index is 0.165. The lowest BCUT2D eigenvalue weighted by molar-refractivity contribution is -0.127. The van der Waals surface area contributed by atoms with E-state index in [1.165, 1.54) is 6.07 Å². The average molecular weight is 295 g/mol. The molecule has 0 bridgehead atoms. The molecule has 0 radical (unpaired) electrons. The third kappa shape index (κ3) is 3.53. The van der Waals surface area contributed by atoms with E-state index in [9.17, 15) is 14.3 Å². The molecule has 0 aromatic heterocycles. The largest absolute Gasteiger partial charge is 0.477 e. The van der Waals surface area contributed by atoms with Gasteiger partial charge in [-0.2, -0.15) is 0 Å². The molecule has 0 saturated carbocycles. The van der Waals surface area contributed by atoms with Gasteiger partial charge in [-0.1, -0.05) is 38.8 Å². The number of nitrogens with one attached hydrogen (secondary N) is 1. The topological polar surface area (TPSA) is 58.6 Å². The molecule has 2 atom stereocenters. The van der Waals surface area contributed by atoms with Crippen molar-refractivity contribution in [3.63, 3.8) is 0 Å². The van der Waals surface area contributed by atoms with E-state index in [1.807, 2.05) is 13.8 Å². The number of halogens is 1. The van der Waals surface area contributed by atoms with Crippen LogP contribution in [0.1, 0.15) is 32.3 Å². The zero-order valence-corrected chi connectivity index (χ0v) is 12.4. The van der Waals surface area contributed by atoms with Crippen molar-refractivity contribution in [3.05, 3.63) is 29.6 Å². The Labute approximate surface area is 124 Å². The predicted molar refractivity (Wildman–Crippen MR) is 77.6 cm³/mol. The molecule has 0 spiro atoms. The molecule has 0 saturated heterocycles. The van der Waals surface area contributed by atoms with Gasteiger partial charge in [-0.3, -0.25) is 4.79 Å². The van der Waals surface area contributed by atoms with Gasteiger partial charge in [0.1, 0.15) is 0 Å². The molecule has 1 aliphatic heterocycles. The number of ether oxygens (including phenoxy) is 1. The van der Waals surface area contributed by atoms with Gasteiger partial charge in [-0.15, -0.1) is 0 Å². The van der Waals surface area contributed by atoms with Gasteiger partial charge in [-0.05, 0) is 12.0 Å². The van der Waals surface area contributed by atoms with Gasteiger partial charge >= 0.3 is 0 Å². The van der Waals surface area contributed by atoms with E-state index in [-0.39, 0.29) is 24.1 Å². The summed E-state index contributed by atoms with van der Waals surface area (Å²) in [6, 6.07) is 4.68. The van der Waals surface area contributed by atoms with E-state index in [2.05, 4.69) is 5.32 Å². The smallest absolute Gasteiger partial charge is 0.261 e. The van der Waals surface area contributed by atoms with Crippen molar-refractivity contribution < 1.29 is 19.0 Å². The van der Waals surface area contributed by atoms with Gasteiger partial charge in [0.15, 0.2) is 17.7 Å². The standard InChI is InChI=1S/C16H22FNO3/c1-3-10(4-2)13(19)9-18-16(20)14-8-11-6-5-7-12(17)15(11)21-14/h5-7,10,13-14,19H,3-4,8-9H2,1-2H3,(H,18,20). The van der Waals surface area contributed by atoms with Crippen molar-refractivity contribution >= 4 is 5.91 Å². The molecule has 1 aromatic rings. The van der Waals surface area contributed by atoms with Crippen molar-refractivity contribution in [2.24, 2.45) is 5.92 Å². The second kappa shape index (κ2) is 6.89. The van der Waals surface area contributed by atoms with Crippen molar-refractivity contribution in [2.45, 2.75) is 45.3 Å². The first kappa shape index (κ1) is 15.8. The second-order valence-electron chi connectivity index (χ2n) is 5.43. The fourth-order valence-corrected chi connectivity index (χ4v) is 2.69. The highest BCUT2D eigenvalue weighted by Crippen LogP contribution is 2.31. The summed E-state index contributed by atoms with van der Waals surface area (Å²) in [4.78, 5) is 12.1. The molecule has 0 fully saturated rings. The molecule has 21 heavy (non-hydrogen) atoms. The lowest BCUT2D eigenvalue weighted by Gasteiger charge is -2.21. The van der Waals surface area contributed by atoms with Crippen LogP contribution in [-0.4, -0.2) is 29.8 Å². The maximum Gasteiger partial charge on any atom is 0.261 e. The number of rotatable bonds is 6. The van der Waals surface area contributed by atoms with E-state index < -0.39 is 18.0 Å². The molecule has 1 aliphatic rings. The fourth-order valence-electron chi connectivity index (χ4n) is 2.69. The molecule has 1 aromatic carbocycles. The molecule has 2 rings (SSSR count). The quantitative estimate of drug-likeness (QED) is 0.844. The van der Waals surface area contributed by atoms with E-state index in [4.69, 9.17) is 4.74 Å². The highest BCUT2D eigenvalue weighted by molar-refractivity contribution is 5.82. The molecule has 4 nitrogen and oxygen atoms in total. The van der Waals surface area contributed by atoms with Crippen LogP contribution in [0.25, 0.3) is 0 Å². The Morgan fingerprint density at radius 2 is 2.19 bits per heavy atom. The van der Waals surface area contributed by atoms with Gasteiger partial charge in [0.25, 0.3) is 5.91 Å². The molecule has 1 heterocycles. The molecular formula is C16H22FNO3. The second-order valence-corrected chi connectivity index (χ2v) is 5.43. The highest BCUT2D eigenvalue weighted by atomic mass is 19.1. The molecule has 1 amide bonds. The van der Waals surface area contributed by atoms with Gasteiger partial charge in [-0.25, -0.2) is 4.39 Å². The van der Waals surface area contributed by atoms with Crippen LogP contribution < -0.4 is 10.1 Å². The number of benzene rings is 1. The number of carbonyl (C=O) groups is 1. The van der Waals surface area contributed by atoms with Crippen LogP contribution in [0.3, 0.4) is 0 Å². The van der Waals surface area contributed by atoms with Crippen molar-refractivity contribution in [3.8, 4) is 5.75 Å². The third-order valence-corrected chi connectivity index (χ3v) is 4.08. The van der Waals surface area contributed by atoms with E-state index >= 15 is 0 Å². The number of fused-ring (bicyclic) bond motifs is 1. The van der Waals surface area contributed by atoms with E-state index in [1.54, 1.807) is 12.1 Å². The molecule has 2 unspecified atom stereocenters. The monoisotopic (exact) mass is 295 g/mol. The minimum Gasteiger partial charge on any atom is -0.477 e. The Hall–Kier alpha value is -1.62. The number of hydrogen-bond acceptors (Lipinski definition) is 3. The number of amides is 1. The van der Waals surface area contributed by atoms with Crippen molar-refractivity contribution in [2.75, 3.05) is 6.54 Å². The summed E-state index contributed by atoms with van der Waals surface area (Å²) in [5.74, 6) is -0.418. The van der Waals surface area contributed by atoms with Crippen molar-refractivity contribution in [1.82, 2.24) is 5.32 Å². The average Bonchev–Trinajstić information content (AvgIpc) is 2.91. The summed E-state index contributed by atoms with van der Waals surface area (Å²) in [6.45, 7) is 4.22. The molecule has 116 valence electrons. The summed E-state index contributed by atoms with van der Waals surface area (Å²) in [7, 11) is 0. The fraction of sp³-hybridized carbons (Fsp3) is 0.562. The van der Waals surface area contributed by atoms with Gasteiger partial charge < -0.3 is 15.2 Å². The highest BCUT2D eigenvalue weighted by Gasteiger charge is 2.31. The lowest BCUT2D eigenvalue weighted by Crippen LogP contribution is -2.42. The lowest BCUT2D eigenvalue weighted by atomic mass is 9.96. The Bertz CT molecular complexity index is 502.